The van der Waals surface area contributed by atoms with Crippen molar-refractivity contribution in [3.8, 4) is 0 Å². The quantitative estimate of drug-likeness (QED) is 0.0291. The molecule has 0 heterocycles. The minimum Gasteiger partial charge on any atom is -0.462 e. The Bertz CT molecular complexity index is 818. The predicted octanol–water partition coefficient (Wildman–Crippen LogP) is 12.5. The number of rotatable bonds is 38. The van der Waals surface area contributed by atoms with E-state index >= 15 is 0 Å². The molecule has 0 fully saturated rings. The number of hydrogen-bond donors (Lipinski definition) is 1. The number of phosphoric acid groups is 1. The third-order valence-electron chi connectivity index (χ3n) is 8.82. The van der Waals surface area contributed by atoms with Gasteiger partial charge in [0, 0.05) is 12.8 Å². The van der Waals surface area contributed by atoms with Crippen molar-refractivity contribution >= 4 is 19.8 Å². The van der Waals surface area contributed by atoms with E-state index in [2.05, 4.69) is 26.0 Å². The molecule has 0 bridgehead atoms. The van der Waals surface area contributed by atoms with E-state index < -0.39 is 26.5 Å². The number of ether oxygens (including phenoxy) is 2. The van der Waals surface area contributed by atoms with Crippen molar-refractivity contribution in [2.75, 3.05) is 19.8 Å². The van der Waals surface area contributed by atoms with E-state index in [-0.39, 0.29) is 25.6 Å². The summed E-state index contributed by atoms with van der Waals surface area (Å²) in [5.41, 5.74) is 0. The zero-order chi connectivity index (χ0) is 36.1. The molecule has 0 saturated carbocycles. The van der Waals surface area contributed by atoms with Gasteiger partial charge in [0.15, 0.2) is 6.10 Å². The van der Waals surface area contributed by atoms with Crippen LogP contribution in [0.1, 0.15) is 207 Å². The summed E-state index contributed by atoms with van der Waals surface area (Å²) in [6, 6.07) is 0. The Morgan fingerprint density at radius 1 is 0.531 bits per heavy atom. The van der Waals surface area contributed by atoms with Crippen LogP contribution in [-0.4, -0.2) is 42.8 Å². The van der Waals surface area contributed by atoms with Gasteiger partial charge in [-0.1, -0.05) is 161 Å². The molecule has 0 aliphatic rings. The molecule has 0 amide bonds. The van der Waals surface area contributed by atoms with Gasteiger partial charge in [-0.25, -0.2) is 4.57 Å². The number of allylic oxidation sites excluding steroid dienone is 2. The van der Waals surface area contributed by atoms with Crippen LogP contribution >= 0.6 is 7.82 Å². The largest absolute Gasteiger partial charge is 0.472 e. The van der Waals surface area contributed by atoms with Crippen LogP contribution in [0.15, 0.2) is 12.2 Å². The van der Waals surface area contributed by atoms with E-state index in [9.17, 15) is 19.0 Å². The highest BCUT2D eigenvalue weighted by Crippen LogP contribution is 2.43. The SMILES string of the molecule is CCCCCCCCC/C=C\CCCCCCCC(=O)OC(COC(=O)CCCCCCCCCCCCCCC)COP(=O)(O)OCC. The molecule has 1 N–H and O–H groups in total. The van der Waals surface area contributed by atoms with E-state index in [0.717, 1.165) is 51.4 Å². The highest BCUT2D eigenvalue weighted by Gasteiger charge is 2.25. The molecule has 0 aromatic heterocycles. The standard InChI is InChI=1S/C40H77O8P/c1-4-7-9-11-13-15-17-19-20-21-23-25-27-29-31-33-35-40(42)48-38(37-47-49(43,44)46-6-3)36-45-39(41)34-32-30-28-26-24-22-18-16-14-12-10-8-5-2/h20-21,38H,4-19,22-37H2,1-3H3,(H,43,44)/b21-20-. The normalized spacial score (nSPS) is 13.5. The number of phosphoric ester groups is 1. The molecule has 8 nitrogen and oxygen atoms in total. The summed E-state index contributed by atoms with van der Waals surface area (Å²) in [6.07, 6.45) is 36.9. The topological polar surface area (TPSA) is 108 Å². The Labute approximate surface area is 301 Å². The van der Waals surface area contributed by atoms with Gasteiger partial charge < -0.3 is 14.4 Å². The van der Waals surface area contributed by atoms with Crippen molar-refractivity contribution in [2.45, 2.75) is 213 Å². The van der Waals surface area contributed by atoms with Crippen molar-refractivity contribution in [3.05, 3.63) is 12.2 Å². The van der Waals surface area contributed by atoms with Crippen molar-refractivity contribution in [2.24, 2.45) is 0 Å². The molecule has 0 aliphatic carbocycles. The van der Waals surface area contributed by atoms with Gasteiger partial charge in [-0.3, -0.25) is 18.6 Å². The first kappa shape index (κ1) is 47.8. The van der Waals surface area contributed by atoms with Crippen molar-refractivity contribution < 1.29 is 37.6 Å². The molecule has 0 rings (SSSR count). The maximum atomic E-state index is 12.5. The highest BCUT2D eigenvalue weighted by molar-refractivity contribution is 7.47. The first-order valence-corrected chi connectivity index (χ1v) is 22.0. The molecule has 0 aromatic rings. The summed E-state index contributed by atoms with van der Waals surface area (Å²) in [5, 5.41) is 0. The molecule has 0 aliphatic heterocycles. The minimum absolute atomic E-state index is 0.00187. The van der Waals surface area contributed by atoms with Gasteiger partial charge in [-0.2, -0.15) is 0 Å². The average molecular weight is 717 g/mol. The van der Waals surface area contributed by atoms with Gasteiger partial charge in [0.2, 0.25) is 0 Å². The van der Waals surface area contributed by atoms with Crippen molar-refractivity contribution in [1.82, 2.24) is 0 Å². The first-order chi connectivity index (χ1) is 23.8. The number of carbonyl (C=O) groups excluding carboxylic acids is 2. The zero-order valence-electron chi connectivity index (χ0n) is 32.1. The number of unbranched alkanes of at least 4 members (excludes halogenated alkanes) is 24. The summed E-state index contributed by atoms with van der Waals surface area (Å²) in [5.74, 6) is -0.799. The van der Waals surface area contributed by atoms with Crippen LogP contribution < -0.4 is 0 Å². The Morgan fingerprint density at radius 2 is 0.918 bits per heavy atom. The van der Waals surface area contributed by atoms with Crippen LogP contribution in [0.25, 0.3) is 0 Å². The van der Waals surface area contributed by atoms with Crippen LogP contribution in [0.4, 0.5) is 0 Å². The van der Waals surface area contributed by atoms with E-state index in [4.69, 9.17) is 18.5 Å². The van der Waals surface area contributed by atoms with Crippen molar-refractivity contribution in [1.29, 1.82) is 0 Å². The monoisotopic (exact) mass is 717 g/mol. The molecule has 0 saturated heterocycles. The Hall–Kier alpha value is -1.21. The number of carbonyl (C=O) groups is 2. The first-order valence-electron chi connectivity index (χ1n) is 20.5. The molecular formula is C40H77O8P. The van der Waals surface area contributed by atoms with Gasteiger partial charge >= 0.3 is 19.8 Å². The molecule has 2 atom stereocenters. The van der Waals surface area contributed by atoms with Crippen LogP contribution in [0.3, 0.4) is 0 Å². The predicted molar refractivity (Wildman–Crippen MR) is 203 cm³/mol. The van der Waals surface area contributed by atoms with E-state index in [0.29, 0.717) is 12.8 Å². The Kier molecular flexibility index (Phi) is 35.7. The van der Waals surface area contributed by atoms with Gasteiger partial charge in [0.25, 0.3) is 0 Å². The van der Waals surface area contributed by atoms with E-state index in [1.54, 1.807) is 6.92 Å². The lowest BCUT2D eigenvalue weighted by Gasteiger charge is -2.19. The van der Waals surface area contributed by atoms with Crippen LogP contribution in [-0.2, 0) is 32.7 Å². The van der Waals surface area contributed by atoms with Crippen LogP contribution in [0.2, 0.25) is 0 Å². The smallest absolute Gasteiger partial charge is 0.462 e. The Morgan fingerprint density at radius 3 is 1.35 bits per heavy atom. The molecule has 0 radical (unpaired) electrons. The van der Waals surface area contributed by atoms with Crippen molar-refractivity contribution in [3.63, 3.8) is 0 Å². The molecule has 290 valence electrons. The summed E-state index contributed by atoms with van der Waals surface area (Å²) in [7, 11) is -4.27. The second kappa shape index (κ2) is 36.6. The fraction of sp³-hybridized carbons (Fsp3) is 0.900. The van der Waals surface area contributed by atoms with Gasteiger partial charge in [-0.05, 0) is 45.4 Å². The van der Waals surface area contributed by atoms with Gasteiger partial charge in [0.1, 0.15) is 6.61 Å². The summed E-state index contributed by atoms with van der Waals surface area (Å²) < 4.78 is 32.6. The second-order valence-corrected chi connectivity index (χ2v) is 15.1. The zero-order valence-corrected chi connectivity index (χ0v) is 33.0. The third-order valence-corrected chi connectivity index (χ3v) is 9.88. The van der Waals surface area contributed by atoms with Gasteiger partial charge in [0.05, 0.1) is 13.2 Å². The highest BCUT2D eigenvalue weighted by atomic mass is 31.2. The summed E-state index contributed by atoms with van der Waals surface area (Å²) in [4.78, 5) is 34.6. The fourth-order valence-corrected chi connectivity index (χ4v) is 6.56. The number of hydrogen-bond acceptors (Lipinski definition) is 7. The molecule has 0 spiro atoms. The second-order valence-electron chi connectivity index (χ2n) is 13.7. The lowest BCUT2D eigenvalue weighted by Crippen LogP contribution is -2.29. The molecule has 2 unspecified atom stereocenters. The summed E-state index contributed by atoms with van der Waals surface area (Å²) >= 11 is 0. The minimum atomic E-state index is -4.27. The summed E-state index contributed by atoms with van der Waals surface area (Å²) in [6.45, 7) is 5.47. The lowest BCUT2D eigenvalue weighted by molar-refractivity contribution is -0.161. The molecule has 49 heavy (non-hydrogen) atoms. The maximum Gasteiger partial charge on any atom is 0.472 e. The van der Waals surface area contributed by atoms with Gasteiger partial charge in [-0.15, -0.1) is 0 Å². The van der Waals surface area contributed by atoms with Crippen LogP contribution in [0.5, 0.6) is 0 Å². The van der Waals surface area contributed by atoms with Crippen LogP contribution in [0, 0.1) is 0 Å². The maximum absolute atomic E-state index is 12.5. The van der Waals surface area contributed by atoms with E-state index in [1.165, 1.54) is 116 Å². The lowest BCUT2D eigenvalue weighted by atomic mass is 10.0. The molecular weight excluding hydrogens is 639 g/mol. The Balaban J connectivity index is 4.10. The van der Waals surface area contributed by atoms with E-state index in [1.807, 2.05) is 0 Å². The molecule has 9 heteroatoms. The third kappa shape index (κ3) is 36.4. The molecule has 0 aromatic carbocycles. The number of esters is 2. The fourth-order valence-electron chi connectivity index (χ4n) is 5.80. The average Bonchev–Trinajstić information content (AvgIpc) is 3.07.